The molecule has 0 unspecified atom stereocenters. The van der Waals surface area contributed by atoms with Gasteiger partial charge in [-0.05, 0) is 24.3 Å². The van der Waals surface area contributed by atoms with Crippen molar-refractivity contribution in [1.29, 1.82) is 0 Å². The average molecular weight is 299 g/mol. The minimum absolute atomic E-state index is 0. The molecule has 2 rings (SSSR count). The molecule has 0 amide bonds. The van der Waals surface area contributed by atoms with Crippen LogP contribution in [0, 0.1) is 0 Å². The van der Waals surface area contributed by atoms with Gasteiger partial charge in [-0.15, -0.1) is 11.8 Å². The molecule has 0 atom stereocenters. The van der Waals surface area contributed by atoms with Crippen LogP contribution in [0.2, 0.25) is 0 Å². The molecule has 1 aliphatic rings. The Bertz CT molecular complexity index is 482. The van der Waals surface area contributed by atoms with Gasteiger partial charge < -0.3 is 15.7 Å². The third-order valence-corrected chi connectivity index (χ3v) is 3.66. The summed E-state index contributed by atoms with van der Waals surface area (Å²) < 4.78 is 5.72. The summed E-state index contributed by atoms with van der Waals surface area (Å²) in [6.07, 6.45) is 2.80. The van der Waals surface area contributed by atoms with Crippen LogP contribution in [-0.2, 0) is 4.79 Å². The van der Waals surface area contributed by atoms with Crippen LogP contribution in [0.1, 0.15) is 32.4 Å². The molecule has 1 saturated carbocycles. The second-order valence-corrected chi connectivity index (χ2v) is 5.72. The Hall–Kier alpha value is -1.37. The number of hydrogen-bond donors (Lipinski definition) is 0. The monoisotopic (exact) mass is 299 g/mol. The third kappa shape index (κ3) is 4.33. The second-order valence-electron chi connectivity index (χ2n) is 4.42. The number of rotatable bonds is 5. The summed E-state index contributed by atoms with van der Waals surface area (Å²) >= 11 is 1.73. The molecule has 0 spiro atoms. The lowest BCUT2D eigenvalue weighted by atomic mass is 9.94. The van der Waals surface area contributed by atoms with E-state index >= 15 is 0 Å². The lowest BCUT2D eigenvalue weighted by molar-refractivity contribution is -0.129. The van der Waals surface area contributed by atoms with Crippen LogP contribution in [0.3, 0.4) is 0 Å². The third-order valence-electron chi connectivity index (χ3n) is 2.75. The van der Waals surface area contributed by atoms with Gasteiger partial charge in [0.1, 0.15) is 17.6 Å². The number of hydrogen-bond acceptors (Lipinski definition) is 4. The second kappa shape index (κ2) is 8.04. The van der Waals surface area contributed by atoms with Crippen molar-refractivity contribution in [2.75, 3.05) is 5.75 Å². The number of carbonyl (C=O) groups excluding carboxylic acids is 1. The van der Waals surface area contributed by atoms with Crippen molar-refractivity contribution in [2.24, 2.45) is 0 Å². The van der Waals surface area contributed by atoms with Crippen molar-refractivity contribution < 1.29 is 20.5 Å². The highest BCUT2D eigenvalue weighted by atomic mass is 32.2. The highest BCUT2D eigenvalue weighted by Crippen LogP contribution is 2.30. The summed E-state index contributed by atoms with van der Waals surface area (Å²) in [5.41, 5.74) is 1.88. The highest BCUT2D eigenvalue weighted by molar-refractivity contribution is 7.99. The largest absolute Gasteiger partial charge is 0.488 e. The van der Waals surface area contributed by atoms with E-state index in [1.807, 2.05) is 13.0 Å². The van der Waals surface area contributed by atoms with Crippen LogP contribution < -0.4 is 4.74 Å². The Morgan fingerprint density at radius 1 is 1.50 bits per heavy atom. The maximum Gasteiger partial charge on any atom is 0.140 e. The molecule has 1 aromatic rings. The van der Waals surface area contributed by atoms with E-state index in [9.17, 15) is 4.79 Å². The van der Waals surface area contributed by atoms with E-state index in [0.29, 0.717) is 12.8 Å². The SMILES string of the molecule is C=C(C)c1ncc(OC2CC(=O)C2)cc1SCC.O.O. The number of Topliss-reactive ketones (excluding diaryl/α,β-unsaturated/α-hetero) is 1. The molecular weight excluding hydrogens is 278 g/mol. The van der Waals surface area contributed by atoms with Crippen molar-refractivity contribution in [3.05, 3.63) is 24.5 Å². The van der Waals surface area contributed by atoms with Crippen molar-refractivity contribution in [3.8, 4) is 5.75 Å². The highest BCUT2D eigenvalue weighted by Gasteiger charge is 2.28. The normalized spacial score (nSPS) is 13.8. The molecule has 0 aromatic carbocycles. The number of aromatic nitrogens is 1. The first-order valence-corrected chi connectivity index (χ1v) is 7.05. The minimum Gasteiger partial charge on any atom is -0.488 e. The van der Waals surface area contributed by atoms with Crippen LogP contribution in [0.4, 0.5) is 0 Å². The van der Waals surface area contributed by atoms with Crippen molar-refractivity contribution in [3.63, 3.8) is 0 Å². The molecule has 20 heavy (non-hydrogen) atoms. The molecular formula is C14H21NO4S. The van der Waals surface area contributed by atoms with Gasteiger partial charge in [-0.25, -0.2) is 0 Å². The lowest BCUT2D eigenvalue weighted by Crippen LogP contribution is -2.33. The lowest BCUT2D eigenvalue weighted by Gasteiger charge is -2.25. The van der Waals surface area contributed by atoms with Crippen LogP contribution in [-0.4, -0.2) is 33.6 Å². The Labute approximate surface area is 123 Å². The van der Waals surface area contributed by atoms with Crippen LogP contribution >= 0.6 is 11.8 Å². The number of ether oxygens (including phenoxy) is 1. The van der Waals surface area contributed by atoms with Crippen molar-refractivity contribution in [2.45, 2.75) is 37.7 Å². The average Bonchev–Trinajstić information content (AvgIpc) is 2.27. The Balaban J connectivity index is 0.00000180. The molecule has 4 N–H and O–H groups in total. The predicted molar refractivity (Wildman–Crippen MR) is 81.2 cm³/mol. The topological polar surface area (TPSA) is 102 Å². The molecule has 6 heteroatoms. The fraction of sp³-hybridized carbons (Fsp3) is 0.429. The Morgan fingerprint density at radius 3 is 2.65 bits per heavy atom. The first-order chi connectivity index (χ1) is 8.60. The summed E-state index contributed by atoms with van der Waals surface area (Å²) in [4.78, 5) is 16.4. The van der Waals surface area contributed by atoms with E-state index in [1.165, 1.54) is 0 Å². The maximum atomic E-state index is 10.9. The van der Waals surface area contributed by atoms with Crippen LogP contribution in [0.15, 0.2) is 23.7 Å². The van der Waals surface area contributed by atoms with Gasteiger partial charge in [-0.3, -0.25) is 9.78 Å². The summed E-state index contributed by atoms with van der Waals surface area (Å²) in [6.45, 7) is 7.99. The quantitative estimate of drug-likeness (QED) is 0.772. The molecule has 112 valence electrons. The zero-order chi connectivity index (χ0) is 13.1. The van der Waals surface area contributed by atoms with Gasteiger partial charge in [0.2, 0.25) is 0 Å². The van der Waals surface area contributed by atoms with E-state index in [1.54, 1.807) is 18.0 Å². The fourth-order valence-corrected chi connectivity index (χ4v) is 2.68. The van der Waals surface area contributed by atoms with Gasteiger partial charge >= 0.3 is 0 Å². The minimum atomic E-state index is 0. The molecule has 5 nitrogen and oxygen atoms in total. The summed E-state index contributed by atoms with van der Waals surface area (Å²) in [5.74, 6) is 2.00. The molecule has 1 fully saturated rings. The first kappa shape index (κ1) is 18.6. The molecule has 1 aromatic heterocycles. The molecule has 0 radical (unpaired) electrons. The molecule has 1 aliphatic carbocycles. The Kier molecular flexibility index (Phi) is 7.49. The molecule has 0 saturated heterocycles. The van der Waals surface area contributed by atoms with E-state index in [2.05, 4.69) is 18.5 Å². The maximum absolute atomic E-state index is 10.9. The van der Waals surface area contributed by atoms with E-state index in [4.69, 9.17) is 4.74 Å². The first-order valence-electron chi connectivity index (χ1n) is 6.07. The molecule has 0 aliphatic heterocycles. The van der Waals surface area contributed by atoms with E-state index < -0.39 is 0 Å². The molecule has 1 heterocycles. The van der Waals surface area contributed by atoms with Gasteiger partial charge in [-0.1, -0.05) is 13.5 Å². The fourth-order valence-electron chi connectivity index (χ4n) is 1.80. The zero-order valence-electron chi connectivity index (χ0n) is 11.7. The predicted octanol–water partition coefficient (Wildman–Crippen LogP) is 1.69. The number of ketones is 1. The summed E-state index contributed by atoms with van der Waals surface area (Å²) in [6, 6.07) is 1.99. The summed E-state index contributed by atoms with van der Waals surface area (Å²) in [5, 5.41) is 0. The number of pyridine rings is 1. The number of carbonyl (C=O) groups is 1. The van der Waals surface area contributed by atoms with Crippen LogP contribution in [0.25, 0.3) is 5.57 Å². The smallest absolute Gasteiger partial charge is 0.140 e. The number of thioether (sulfide) groups is 1. The Morgan fingerprint density at radius 2 is 2.15 bits per heavy atom. The van der Waals surface area contributed by atoms with E-state index in [-0.39, 0.29) is 22.8 Å². The van der Waals surface area contributed by atoms with Crippen molar-refractivity contribution in [1.82, 2.24) is 4.98 Å². The van der Waals surface area contributed by atoms with Gasteiger partial charge in [0, 0.05) is 17.7 Å². The van der Waals surface area contributed by atoms with Gasteiger partial charge in [0.25, 0.3) is 0 Å². The number of allylic oxidation sites excluding steroid dienone is 1. The standard InChI is InChI=1S/C14H17NO2S.2H2O/c1-4-18-13-7-12(8-15-14(13)9(2)3)17-11-5-10(16)6-11;;/h7-8,11H,2,4-6H2,1,3H3;2*1H2. The van der Waals surface area contributed by atoms with E-state index in [0.717, 1.165) is 27.7 Å². The molecule has 0 bridgehead atoms. The van der Waals surface area contributed by atoms with Crippen LogP contribution in [0.5, 0.6) is 5.75 Å². The number of nitrogens with zero attached hydrogens (tertiary/aromatic N) is 1. The van der Waals surface area contributed by atoms with Gasteiger partial charge in [0.15, 0.2) is 0 Å². The summed E-state index contributed by atoms with van der Waals surface area (Å²) in [7, 11) is 0. The van der Waals surface area contributed by atoms with Gasteiger partial charge in [0.05, 0.1) is 11.9 Å². The van der Waals surface area contributed by atoms with Crippen molar-refractivity contribution >= 4 is 23.1 Å². The van der Waals surface area contributed by atoms with Gasteiger partial charge in [-0.2, -0.15) is 0 Å². The zero-order valence-corrected chi connectivity index (χ0v) is 12.5.